The number of aryl methyl sites for hydroxylation is 1. The van der Waals surface area contributed by atoms with Gasteiger partial charge in [-0.05, 0) is 39.0 Å². The Kier molecular flexibility index (Phi) is 3.82. The Balaban J connectivity index is 1.96. The monoisotopic (exact) mass is 312 g/mol. The molecule has 0 saturated carbocycles. The molecule has 5 nitrogen and oxygen atoms in total. The number of nitrogens with zero attached hydrogens (tertiary/aromatic N) is 3. The van der Waals surface area contributed by atoms with Crippen molar-refractivity contribution in [2.45, 2.75) is 26.8 Å². The number of halogens is 1. The first-order valence-electron chi connectivity index (χ1n) is 7.37. The Bertz CT molecular complexity index is 885. The van der Waals surface area contributed by atoms with Crippen LogP contribution >= 0.6 is 0 Å². The Morgan fingerprint density at radius 1 is 1.26 bits per heavy atom. The van der Waals surface area contributed by atoms with E-state index < -0.39 is 0 Å². The first kappa shape index (κ1) is 15.1. The second-order valence-electron chi connectivity index (χ2n) is 5.67. The van der Waals surface area contributed by atoms with Crippen molar-refractivity contribution in [1.29, 1.82) is 0 Å². The number of fused-ring (bicyclic) bond motifs is 1. The number of aromatic nitrogens is 3. The standard InChI is InChI=1S/C17H17FN4O/c1-10(2)22-16(6-7-19-22)21-17(23)14-8-12-4-5-13(18)9-15(12)20-11(14)3/h4-10H,1-3H3,(H,21,23). The van der Waals surface area contributed by atoms with Crippen LogP contribution in [0.15, 0.2) is 36.5 Å². The number of carbonyl (C=O) groups is 1. The molecule has 3 rings (SSSR count). The normalized spacial score (nSPS) is 11.2. The molecular weight excluding hydrogens is 295 g/mol. The predicted molar refractivity (Wildman–Crippen MR) is 87.0 cm³/mol. The van der Waals surface area contributed by atoms with Gasteiger partial charge in [0.1, 0.15) is 11.6 Å². The van der Waals surface area contributed by atoms with E-state index in [9.17, 15) is 9.18 Å². The summed E-state index contributed by atoms with van der Waals surface area (Å²) in [4.78, 5) is 16.9. The highest BCUT2D eigenvalue weighted by Gasteiger charge is 2.15. The smallest absolute Gasteiger partial charge is 0.258 e. The summed E-state index contributed by atoms with van der Waals surface area (Å²) in [6.07, 6.45) is 1.64. The largest absolute Gasteiger partial charge is 0.307 e. The van der Waals surface area contributed by atoms with Gasteiger partial charge in [0, 0.05) is 23.6 Å². The fraction of sp³-hybridized carbons (Fsp3) is 0.235. The third-order valence-electron chi connectivity index (χ3n) is 3.62. The number of carbonyl (C=O) groups excluding carboxylic acids is 1. The van der Waals surface area contributed by atoms with E-state index in [1.165, 1.54) is 12.1 Å². The summed E-state index contributed by atoms with van der Waals surface area (Å²) in [5, 5.41) is 7.76. The average Bonchev–Trinajstić information content (AvgIpc) is 2.94. The molecule has 0 unspecified atom stereocenters. The molecule has 1 N–H and O–H groups in total. The predicted octanol–water partition coefficient (Wildman–Crippen LogP) is 3.71. The lowest BCUT2D eigenvalue weighted by atomic mass is 10.1. The molecule has 2 heterocycles. The van der Waals surface area contributed by atoms with E-state index in [0.717, 1.165) is 5.39 Å². The lowest BCUT2D eigenvalue weighted by molar-refractivity contribution is 0.102. The van der Waals surface area contributed by atoms with E-state index in [1.54, 1.807) is 36.0 Å². The molecule has 23 heavy (non-hydrogen) atoms. The van der Waals surface area contributed by atoms with Gasteiger partial charge in [-0.25, -0.2) is 9.07 Å². The summed E-state index contributed by atoms with van der Waals surface area (Å²) in [5.41, 5.74) is 1.54. The van der Waals surface area contributed by atoms with Gasteiger partial charge in [0.05, 0.1) is 23.0 Å². The second-order valence-corrected chi connectivity index (χ2v) is 5.67. The van der Waals surface area contributed by atoms with Gasteiger partial charge in [-0.1, -0.05) is 0 Å². The van der Waals surface area contributed by atoms with E-state index in [0.29, 0.717) is 22.6 Å². The number of rotatable bonds is 3. The topological polar surface area (TPSA) is 59.8 Å². The van der Waals surface area contributed by atoms with Crippen molar-refractivity contribution >= 4 is 22.6 Å². The highest BCUT2D eigenvalue weighted by molar-refractivity contribution is 6.06. The molecule has 6 heteroatoms. The fourth-order valence-electron chi connectivity index (χ4n) is 2.47. The third-order valence-corrected chi connectivity index (χ3v) is 3.62. The Hall–Kier alpha value is -2.76. The quantitative estimate of drug-likeness (QED) is 0.802. The van der Waals surface area contributed by atoms with Crippen LogP contribution in [-0.2, 0) is 0 Å². The molecule has 0 radical (unpaired) electrons. The molecule has 1 amide bonds. The number of nitrogens with one attached hydrogen (secondary N) is 1. The maximum Gasteiger partial charge on any atom is 0.258 e. The van der Waals surface area contributed by atoms with Gasteiger partial charge in [0.2, 0.25) is 0 Å². The van der Waals surface area contributed by atoms with Gasteiger partial charge in [0.25, 0.3) is 5.91 Å². The Morgan fingerprint density at radius 3 is 2.78 bits per heavy atom. The highest BCUT2D eigenvalue weighted by atomic mass is 19.1. The van der Waals surface area contributed by atoms with Crippen molar-refractivity contribution in [3.8, 4) is 0 Å². The van der Waals surface area contributed by atoms with Crippen molar-refractivity contribution in [2.24, 2.45) is 0 Å². The maximum atomic E-state index is 13.3. The fourth-order valence-corrected chi connectivity index (χ4v) is 2.47. The molecule has 3 aromatic rings. The van der Waals surface area contributed by atoms with Gasteiger partial charge in [-0.3, -0.25) is 9.78 Å². The molecule has 0 aliphatic heterocycles. The van der Waals surface area contributed by atoms with Crippen LogP contribution in [0.25, 0.3) is 10.9 Å². The van der Waals surface area contributed by atoms with E-state index in [4.69, 9.17) is 0 Å². The van der Waals surface area contributed by atoms with Crippen LogP contribution in [0.5, 0.6) is 0 Å². The Morgan fingerprint density at radius 2 is 2.04 bits per heavy atom. The number of hydrogen-bond donors (Lipinski definition) is 1. The third kappa shape index (κ3) is 2.92. The maximum absolute atomic E-state index is 13.3. The van der Waals surface area contributed by atoms with Gasteiger partial charge in [-0.15, -0.1) is 0 Å². The zero-order valence-electron chi connectivity index (χ0n) is 13.2. The van der Waals surface area contributed by atoms with Gasteiger partial charge in [-0.2, -0.15) is 5.10 Å². The molecule has 1 aromatic carbocycles. The van der Waals surface area contributed by atoms with Crippen LogP contribution in [0.4, 0.5) is 10.2 Å². The molecule has 0 atom stereocenters. The summed E-state index contributed by atoms with van der Waals surface area (Å²) < 4.78 is 15.0. The number of benzene rings is 1. The molecule has 0 bridgehead atoms. The van der Waals surface area contributed by atoms with Gasteiger partial charge >= 0.3 is 0 Å². The SMILES string of the molecule is Cc1nc2cc(F)ccc2cc1C(=O)Nc1ccnn1C(C)C. The minimum Gasteiger partial charge on any atom is -0.307 e. The van der Waals surface area contributed by atoms with Crippen LogP contribution in [-0.4, -0.2) is 20.7 Å². The van der Waals surface area contributed by atoms with Crippen LogP contribution in [0, 0.1) is 12.7 Å². The zero-order valence-corrected chi connectivity index (χ0v) is 13.2. The van der Waals surface area contributed by atoms with E-state index in [1.807, 2.05) is 13.8 Å². The second kappa shape index (κ2) is 5.79. The summed E-state index contributed by atoms with van der Waals surface area (Å²) in [5.74, 6) is 0.0228. The van der Waals surface area contributed by atoms with Crippen LogP contribution in [0.1, 0.15) is 35.9 Å². The zero-order chi connectivity index (χ0) is 16.6. The van der Waals surface area contributed by atoms with E-state index in [2.05, 4.69) is 15.4 Å². The summed E-state index contributed by atoms with van der Waals surface area (Å²) in [7, 11) is 0. The number of pyridine rings is 1. The van der Waals surface area contributed by atoms with Gasteiger partial charge < -0.3 is 5.32 Å². The minimum absolute atomic E-state index is 0.138. The first-order valence-corrected chi connectivity index (χ1v) is 7.37. The summed E-state index contributed by atoms with van der Waals surface area (Å²) >= 11 is 0. The highest BCUT2D eigenvalue weighted by Crippen LogP contribution is 2.20. The van der Waals surface area contributed by atoms with E-state index >= 15 is 0 Å². The average molecular weight is 312 g/mol. The molecule has 2 aromatic heterocycles. The van der Waals surface area contributed by atoms with E-state index in [-0.39, 0.29) is 17.8 Å². The van der Waals surface area contributed by atoms with Crippen LogP contribution in [0.2, 0.25) is 0 Å². The molecule has 0 aliphatic rings. The molecule has 118 valence electrons. The van der Waals surface area contributed by atoms with Crippen molar-refractivity contribution in [3.63, 3.8) is 0 Å². The minimum atomic E-state index is -0.345. The first-order chi connectivity index (χ1) is 11.0. The summed E-state index contributed by atoms with van der Waals surface area (Å²) in [6, 6.07) is 7.94. The van der Waals surface area contributed by atoms with Crippen molar-refractivity contribution < 1.29 is 9.18 Å². The van der Waals surface area contributed by atoms with Crippen molar-refractivity contribution in [3.05, 3.63) is 53.6 Å². The van der Waals surface area contributed by atoms with Gasteiger partial charge in [0.15, 0.2) is 0 Å². The van der Waals surface area contributed by atoms with Crippen molar-refractivity contribution in [2.75, 3.05) is 5.32 Å². The Labute approximate surface area is 133 Å². The lowest BCUT2D eigenvalue weighted by Crippen LogP contribution is -2.18. The molecular formula is C17H17FN4O. The molecule has 0 saturated heterocycles. The summed E-state index contributed by atoms with van der Waals surface area (Å²) in [6.45, 7) is 5.71. The lowest BCUT2D eigenvalue weighted by Gasteiger charge is -2.13. The molecule has 0 spiro atoms. The molecule has 0 fully saturated rings. The number of hydrogen-bond acceptors (Lipinski definition) is 3. The molecule has 0 aliphatic carbocycles. The van der Waals surface area contributed by atoms with Crippen LogP contribution in [0.3, 0.4) is 0 Å². The number of amides is 1. The number of anilines is 1. The van der Waals surface area contributed by atoms with Crippen LogP contribution < -0.4 is 5.32 Å². The van der Waals surface area contributed by atoms with Crippen molar-refractivity contribution in [1.82, 2.24) is 14.8 Å².